The van der Waals surface area contributed by atoms with Gasteiger partial charge in [-0.15, -0.1) is 0 Å². The summed E-state index contributed by atoms with van der Waals surface area (Å²) in [6, 6.07) is 0. The normalized spacial score (nSPS) is 12.4. The van der Waals surface area contributed by atoms with Crippen LogP contribution in [0.5, 0.6) is 0 Å². The van der Waals surface area contributed by atoms with Gasteiger partial charge in [0.15, 0.2) is 23.3 Å². The third kappa shape index (κ3) is 2.70. The van der Waals surface area contributed by atoms with E-state index >= 15 is 0 Å². The Labute approximate surface area is 107 Å². The molecule has 0 aliphatic rings. The number of nitrogens with two attached hydrogens (primary N) is 1. The lowest BCUT2D eigenvalue weighted by molar-refractivity contribution is 0.0586. The van der Waals surface area contributed by atoms with E-state index < -0.39 is 46.3 Å². The predicted octanol–water partition coefficient (Wildman–Crippen LogP) is 2.48. The van der Waals surface area contributed by atoms with E-state index in [1.807, 2.05) is 0 Å². The van der Waals surface area contributed by atoms with E-state index in [9.17, 15) is 22.4 Å². The molecular weight excluding hydrogens is 266 g/mol. The Bertz CT molecular complexity index is 476. The molecule has 1 aromatic carbocycles. The molecule has 0 radical (unpaired) electrons. The highest BCUT2D eigenvalue weighted by atomic mass is 19.2. The molecule has 0 spiro atoms. The summed E-state index contributed by atoms with van der Waals surface area (Å²) in [7, 11) is 0.849. The van der Waals surface area contributed by atoms with Crippen LogP contribution in [-0.4, -0.2) is 19.6 Å². The standard InChI is InChI=1S/C12H13F4NO2/c1-5(3-4-17)6-8(13)10(15)7(12(18)19-2)11(16)9(6)14/h5H,3-4,17H2,1-2H3. The lowest BCUT2D eigenvalue weighted by Crippen LogP contribution is -2.17. The monoisotopic (exact) mass is 279 g/mol. The first-order valence-corrected chi connectivity index (χ1v) is 5.50. The third-order valence-corrected chi connectivity index (χ3v) is 2.78. The van der Waals surface area contributed by atoms with E-state index in [0.717, 1.165) is 7.11 Å². The second-order valence-corrected chi connectivity index (χ2v) is 4.01. The van der Waals surface area contributed by atoms with E-state index in [4.69, 9.17) is 5.73 Å². The van der Waals surface area contributed by atoms with Gasteiger partial charge in [0.1, 0.15) is 5.56 Å². The van der Waals surface area contributed by atoms with Crippen molar-refractivity contribution >= 4 is 5.97 Å². The molecule has 1 atom stereocenters. The van der Waals surface area contributed by atoms with Crippen molar-refractivity contribution in [2.24, 2.45) is 5.73 Å². The molecule has 0 aliphatic carbocycles. The summed E-state index contributed by atoms with van der Waals surface area (Å²) in [6.45, 7) is 1.48. The maximum absolute atomic E-state index is 13.7. The molecule has 2 N–H and O–H groups in total. The molecule has 0 saturated carbocycles. The molecule has 1 rings (SSSR count). The van der Waals surface area contributed by atoms with Crippen LogP contribution in [0.1, 0.15) is 35.2 Å². The minimum Gasteiger partial charge on any atom is -0.465 e. The van der Waals surface area contributed by atoms with E-state index in [0.29, 0.717) is 0 Å². The van der Waals surface area contributed by atoms with Crippen molar-refractivity contribution in [1.29, 1.82) is 0 Å². The van der Waals surface area contributed by atoms with Crippen LogP contribution in [0, 0.1) is 23.3 Å². The van der Waals surface area contributed by atoms with Crippen LogP contribution in [0.2, 0.25) is 0 Å². The van der Waals surface area contributed by atoms with Crippen LogP contribution in [0.3, 0.4) is 0 Å². The average Bonchev–Trinajstić information content (AvgIpc) is 2.37. The van der Waals surface area contributed by atoms with Gasteiger partial charge in [-0.05, 0) is 18.9 Å². The zero-order valence-electron chi connectivity index (χ0n) is 10.4. The largest absolute Gasteiger partial charge is 0.465 e. The Balaban J connectivity index is 3.51. The van der Waals surface area contributed by atoms with Crippen LogP contribution in [0.25, 0.3) is 0 Å². The van der Waals surface area contributed by atoms with Crippen LogP contribution >= 0.6 is 0 Å². The van der Waals surface area contributed by atoms with Gasteiger partial charge < -0.3 is 10.5 Å². The molecule has 0 bridgehead atoms. The maximum Gasteiger partial charge on any atom is 0.344 e. The van der Waals surface area contributed by atoms with Gasteiger partial charge in [0.25, 0.3) is 0 Å². The molecule has 0 aromatic heterocycles. The zero-order valence-corrected chi connectivity index (χ0v) is 10.4. The molecule has 0 saturated heterocycles. The maximum atomic E-state index is 13.7. The SMILES string of the molecule is COC(=O)c1c(F)c(F)c(C(C)CCN)c(F)c1F. The van der Waals surface area contributed by atoms with Gasteiger partial charge >= 0.3 is 5.97 Å². The van der Waals surface area contributed by atoms with Crippen molar-refractivity contribution in [2.75, 3.05) is 13.7 Å². The number of methoxy groups -OCH3 is 1. The number of esters is 1. The van der Waals surface area contributed by atoms with Gasteiger partial charge in [-0.1, -0.05) is 6.92 Å². The number of rotatable bonds is 4. The first-order chi connectivity index (χ1) is 8.86. The van der Waals surface area contributed by atoms with Crippen molar-refractivity contribution in [2.45, 2.75) is 19.3 Å². The summed E-state index contributed by atoms with van der Waals surface area (Å²) in [5.41, 5.74) is 3.11. The summed E-state index contributed by atoms with van der Waals surface area (Å²) >= 11 is 0. The highest BCUT2D eigenvalue weighted by molar-refractivity contribution is 5.90. The van der Waals surface area contributed by atoms with Gasteiger partial charge in [0, 0.05) is 5.56 Å². The summed E-state index contributed by atoms with van der Waals surface area (Å²) in [6.07, 6.45) is 0.143. The molecule has 0 amide bonds. The van der Waals surface area contributed by atoms with Crippen LogP contribution in [0.4, 0.5) is 17.6 Å². The molecule has 3 nitrogen and oxygen atoms in total. The average molecular weight is 279 g/mol. The first-order valence-electron chi connectivity index (χ1n) is 5.50. The van der Waals surface area contributed by atoms with Crippen molar-refractivity contribution in [1.82, 2.24) is 0 Å². The lowest BCUT2D eigenvalue weighted by atomic mass is 9.94. The van der Waals surface area contributed by atoms with Crippen molar-refractivity contribution in [3.8, 4) is 0 Å². The number of halogens is 4. The third-order valence-electron chi connectivity index (χ3n) is 2.78. The van der Waals surface area contributed by atoms with Gasteiger partial charge in [-0.2, -0.15) is 0 Å². The van der Waals surface area contributed by atoms with E-state index in [1.54, 1.807) is 0 Å². The van der Waals surface area contributed by atoms with Crippen LogP contribution in [-0.2, 0) is 4.74 Å². The molecular formula is C12H13F4NO2. The number of hydrogen-bond donors (Lipinski definition) is 1. The summed E-state index contributed by atoms with van der Waals surface area (Å²) in [5.74, 6) is -9.01. The predicted molar refractivity (Wildman–Crippen MR) is 59.7 cm³/mol. The van der Waals surface area contributed by atoms with Crippen molar-refractivity contribution in [3.63, 3.8) is 0 Å². The van der Waals surface area contributed by atoms with Crippen molar-refractivity contribution < 1.29 is 27.1 Å². The lowest BCUT2D eigenvalue weighted by Gasteiger charge is -2.15. The minimum absolute atomic E-state index is 0.0992. The Morgan fingerprint density at radius 3 is 2.00 bits per heavy atom. The van der Waals surface area contributed by atoms with Gasteiger partial charge in [-0.3, -0.25) is 0 Å². The number of carbonyl (C=O) groups is 1. The zero-order chi connectivity index (χ0) is 14.7. The van der Waals surface area contributed by atoms with E-state index in [1.165, 1.54) is 6.92 Å². The molecule has 1 aromatic rings. The highest BCUT2D eigenvalue weighted by Gasteiger charge is 2.31. The first kappa shape index (κ1) is 15.4. The molecule has 7 heteroatoms. The molecule has 0 heterocycles. The van der Waals surface area contributed by atoms with Crippen LogP contribution < -0.4 is 5.73 Å². The van der Waals surface area contributed by atoms with Crippen molar-refractivity contribution in [3.05, 3.63) is 34.4 Å². The summed E-state index contributed by atoms with van der Waals surface area (Å²) < 4.78 is 58.8. The van der Waals surface area contributed by atoms with E-state index in [-0.39, 0.29) is 13.0 Å². The Morgan fingerprint density at radius 1 is 1.16 bits per heavy atom. The fraction of sp³-hybridized carbons (Fsp3) is 0.417. The Morgan fingerprint density at radius 2 is 1.63 bits per heavy atom. The molecule has 106 valence electrons. The Kier molecular flexibility index (Phi) is 4.88. The molecule has 19 heavy (non-hydrogen) atoms. The minimum atomic E-state index is -1.76. The molecule has 1 unspecified atom stereocenters. The van der Waals surface area contributed by atoms with Gasteiger partial charge in [-0.25, -0.2) is 22.4 Å². The summed E-state index contributed by atoms with van der Waals surface area (Å²) in [5, 5.41) is 0. The number of ether oxygens (including phenoxy) is 1. The fourth-order valence-electron chi connectivity index (χ4n) is 1.76. The Hall–Kier alpha value is -1.63. The molecule has 0 fully saturated rings. The van der Waals surface area contributed by atoms with E-state index in [2.05, 4.69) is 4.74 Å². The number of benzene rings is 1. The molecule has 0 aliphatic heterocycles. The van der Waals surface area contributed by atoms with Gasteiger partial charge in [0.05, 0.1) is 7.11 Å². The fourth-order valence-corrected chi connectivity index (χ4v) is 1.76. The number of carbonyl (C=O) groups excluding carboxylic acids is 1. The highest BCUT2D eigenvalue weighted by Crippen LogP contribution is 2.31. The van der Waals surface area contributed by atoms with Crippen LogP contribution in [0.15, 0.2) is 0 Å². The topological polar surface area (TPSA) is 52.3 Å². The number of hydrogen-bond acceptors (Lipinski definition) is 3. The second-order valence-electron chi connectivity index (χ2n) is 4.01. The summed E-state index contributed by atoms with van der Waals surface area (Å²) in [4.78, 5) is 11.1. The quantitative estimate of drug-likeness (QED) is 0.523. The van der Waals surface area contributed by atoms with Gasteiger partial charge in [0.2, 0.25) is 0 Å². The smallest absolute Gasteiger partial charge is 0.344 e. The second kappa shape index (κ2) is 6.01.